The van der Waals surface area contributed by atoms with Crippen molar-refractivity contribution in [3.63, 3.8) is 0 Å². The van der Waals surface area contributed by atoms with Gasteiger partial charge in [-0.1, -0.05) is 0 Å². The maximum absolute atomic E-state index is 13.4. The highest BCUT2D eigenvalue weighted by molar-refractivity contribution is 5.80. The van der Waals surface area contributed by atoms with E-state index >= 15 is 0 Å². The van der Waals surface area contributed by atoms with Crippen LogP contribution in [0.2, 0.25) is 0 Å². The van der Waals surface area contributed by atoms with Gasteiger partial charge in [-0.3, -0.25) is 9.69 Å². The lowest BCUT2D eigenvalue weighted by Crippen LogP contribution is -2.48. The molecule has 0 amide bonds. The number of likely N-dealkylation sites (tertiary alicyclic amines) is 1. The van der Waals surface area contributed by atoms with E-state index in [2.05, 4.69) is 35.6 Å². The van der Waals surface area contributed by atoms with Crippen LogP contribution < -0.4 is 10.3 Å². The van der Waals surface area contributed by atoms with E-state index in [-0.39, 0.29) is 28.3 Å². The molecule has 0 spiro atoms. The molecule has 2 aromatic rings. The predicted molar refractivity (Wildman–Crippen MR) is 92.3 cm³/mol. The van der Waals surface area contributed by atoms with Gasteiger partial charge >= 0.3 is 6.18 Å². The number of benzene rings is 1. The molecule has 2 heterocycles. The first kappa shape index (κ1) is 18.7. The molecular weight excluding hydrogens is 347 g/mol. The number of aromatic nitrogens is 2. The number of fused-ring (bicyclic) bond motifs is 1. The van der Waals surface area contributed by atoms with Crippen molar-refractivity contribution in [1.29, 1.82) is 0 Å². The van der Waals surface area contributed by atoms with E-state index in [1.54, 1.807) is 0 Å². The fourth-order valence-corrected chi connectivity index (χ4v) is 3.24. The zero-order chi connectivity index (χ0) is 19.1. The summed E-state index contributed by atoms with van der Waals surface area (Å²) in [6.45, 7) is 7.84. The van der Waals surface area contributed by atoms with Crippen LogP contribution >= 0.6 is 0 Å². The molecule has 142 valence electrons. The van der Waals surface area contributed by atoms with Crippen LogP contribution in [0.25, 0.3) is 10.9 Å². The Bertz CT molecular complexity index is 847. The van der Waals surface area contributed by atoms with Gasteiger partial charge < -0.3 is 9.72 Å². The van der Waals surface area contributed by atoms with E-state index in [4.69, 9.17) is 4.74 Å². The lowest BCUT2D eigenvalue weighted by molar-refractivity contribution is -0.139. The fraction of sp³-hybridized carbons (Fsp3) is 0.556. The number of hydrogen-bond donors (Lipinski definition) is 1. The molecule has 1 N–H and O–H groups in total. The van der Waals surface area contributed by atoms with E-state index in [1.165, 1.54) is 0 Å². The number of H-pyrrole nitrogens is 1. The molecule has 0 atom stereocenters. The third kappa shape index (κ3) is 3.85. The molecule has 0 radical (unpaired) electrons. The zero-order valence-corrected chi connectivity index (χ0v) is 15.0. The molecule has 0 aliphatic carbocycles. The summed E-state index contributed by atoms with van der Waals surface area (Å²) in [5, 5.41) is 0.0858. The number of alkyl halides is 3. The van der Waals surface area contributed by atoms with Crippen molar-refractivity contribution in [2.45, 2.75) is 51.4 Å². The third-order valence-corrected chi connectivity index (χ3v) is 4.73. The summed E-state index contributed by atoms with van der Waals surface area (Å²) in [6.07, 6.45) is -2.54. The average molecular weight is 369 g/mol. The second kappa shape index (κ2) is 6.57. The first-order valence-corrected chi connectivity index (χ1v) is 8.56. The standard InChI is InChI=1S/C18H22F3N3O2/c1-17(2,3)24-6-4-11(5-7-24)26-15-8-12-14(22-10-23-16(12)25)9-13(15)18(19,20)21/h8-11H,4-7H2,1-3H3,(H,22,23,25). The fourth-order valence-electron chi connectivity index (χ4n) is 3.24. The lowest BCUT2D eigenvalue weighted by Gasteiger charge is -2.40. The van der Waals surface area contributed by atoms with Crippen molar-refractivity contribution >= 4 is 10.9 Å². The number of rotatable bonds is 2. The Labute approximate surface area is 149 Å². The minimum Gasteiger partial charge on any atom is -0.490 e. The Kier molecular flexibility index (Phi) is 4.72. The van der Waals surface area contributed by atoms with Crippen LogP contribution in [-0.4, -0.2) is 39.6 Å². The van der Waals surface area contributed by atoms with Gasteiger partial charge in [0.05, 0.1) is 22.8 Å². The maximum atomic E-state index is 13.4. The van der Waals surface area contributed by atoms with Crippen LogP contribution in [0.4, 0.5) is 13.2 Å². The highest BCUT2D eigenvalue weighted by Gasteiger charge is 2.36. The van der Waals surface area contributed by atoms with Crippen LogP contribution in [0.3, 0.4) is 0 Å². The highest BCUT2D eigenvalue weighted by atomic mass is 19.4. The van der Waals surface area contributed by atoms with Crippen LogP contribution in [0.1, 0.15) is 39.2 Å². The molecule has 8 heteroatoms. The summed E-state index contributed by atoms with van der Waals surface area (Å²) in [5.41, 5.74) is -1.38. The molecule has 5 nitrogen and oxygen atoms in total. The van der Waals surface area contributed by atoms with Crippen molar-refractivity contribution in [1.82, 2.24) is 14.9 Å². The zero-order valence-electron chi connectivity index (χ0n) is 15.0. The van der Waals surface area contributed by atoms with Gasteiger partial charge in [-0.25, -0.2) is 4.98 Å². The second-order valence-corrected chi connectivity index (χ2v) is 7.57. The highest BCUT2D eigenvalue weighted by Crippen LogP contribution is 2.39. The molecule has 1 aliphatic rings. The number of ether oxygens (including phenoxy) is 1. The number of hydrogen-bond acceptors (Lipinski definition) is 4. The van der Waals surface area contributed by atoms with Gasteiger partial charge in [0.2, 0.25) is 0 Å². The number of nitrogens with one attached hydrogen (secondary N) is 1. The van der Waals surface area contributed by atoms with Crippen LogP contribution in [-0.2, 0) is 6.18 Å². The van der Waals surface area contributed by atoms with Crippen LogP contribution in [0.15, 0.2) is 23.3 Å². The quantitative estimate of drug-likeness (QED) is 0.879. The number of halogens is 3. The maximum Gasteiger partial charge on any atom is 0.420 e. The molecule has 3 rings (SSSR count). The summed E-state index contributed by atoms with van der Waals surface area (Å²) < 4.78 is 46.1. The van der Waals surface area contributed by atoms with E-state index in [1.807, 2.05) is 0 Å². The van der Waals surface area contributed by atoms with Gasteiger partial charge in [0, 0.05) is 18.6 Å². The van der Waals surface area contributed by atoms with Gasteiger partial charge in [0.1, 0.15) is 11.9 Å². The molecular formula is C18H22F3N3O2. The summed E-state index contributed by atoms with van der Waals surface area (Å²) in [5.74, 6) is -0.308. The topological polar surface area (TPSA) is 58.2 Å². The Morgan fingerprint density at radius 1 is 1.19 bits per heavy atom. The Morgan fingerprint density at radius 3 is 2.42 bits per heavy atom. The summed E-state index contributed by atoms with van der Waals surface area (Å²) in [4.78, 5) is 20.4. The normalized spacial score (nSPS) is 17.6. The lowest BCUT2D eigenvalue weighted by atomic mass is 9.99. The van der Waals surface area contributed by atoms with Crippen molar-refractivity contribution in [3.05, 3.63) is 34.4 Å². The average Bonchev–Trinajstić information content (AvgIpc) is 2.54. The molecule has 0 bridgehead atoms. The van der Waals surface area contributed by atoms with Gasteiger partial charge in [-0.15, -0.1) is 0 Å². The van der Waals surface area contributed by atoms with Crippen LogP contribution in [0.5, 0.6) is 5.75 Å². The van der Waals surface area contributed by atoms with E-state index in [9.17, 15) is 18.0 Å². The Balaban J connectivity index is 1.90. The molecule has 1 aromatic carbocycles. The first-order chi connectivity index (χ1) is 12.1. The summed E-state index contributed by atoms with van der Waals surface area (Å²) in [6, 6.07) is 2.03. The minimum atomic E-state index is -4.58. The van der Waals surface area contributed by atoms with Crippen molar-refractivity contribution in [3.8, 4) is 5.75 Å². The van der Waals surface area contributed by atoms with E-state index in [0.717, 1.165) is 31.5 Å². The van der Waals surface area contributed by atoms with Gasteiger partial charge in [0.15, 0.2) is 0 Å². The monoisotopic (exact) mass is 369 g/mol. The number of piperidine rings is 1. The van der Waals surface area contributed by atoms with Crippen molar-refractivity contribution in [2.75, 3.05) is 13.1 Å². The Morgan fingerprint density at radius 2 is 1.85 bits per heavy atom. The van der Waals surface area contributed by atoms with Gasteiger partial charge in [0.25, 0.3) is 5.56 Å². The molecule has 1 aromatic heterocycles. The number of aromatic amines is 1. The van der Waals surface area contributed by atoms with Gasteiger partial charge in [-0.05, 0) is 45.7 Å². The molecule has 0 unspecified atom stereocenters. The SMILES string of the molecule is CC(C)(C)N1CCC(Oc2cc3c(=O)[nH]cnc3cc2C(F)(F)F)CC1. The summed E-state index contributed by atoms with van der Waals surface area (Å²) in [7, 11) is 0. The molecule has 1 fully saturated rings. The molecule has 1 saturated heterocycles. The van der Waals surface area contributed by atoms with Crippen molar-refractivity contribution in [2.24, 2.45) is 0 Å². The minimum absolute atomic E-state index is 0.00373. The number of nitrogens with zero attached hydrogens (tertiary/aromatic N) is 2. The second-order valence-electron chi connectivity index (χ2n) is 7.57. The largest absolute Gasteiger partial charge is 0.490 e. The van der Waals surface area contributed by atoms with Gasteiger partial charge in [-0.2, -0.15) is 13.2 Å². The predicted octanol–water partition coefficient (Wildman–Crippen LogP) is 3.58. The molecule has 26 heavy (non-hydrogen) atoms. The Hall–Kier alpha value is -2.09. The van der Waals surface area contributed by atoms with E-state index < -0.39 is 17.3 Å². The molecule has 0 saturated carbocycles. The summed E-state index contributed by atoms with van der Waals surface area (Å²) >= 11 is 0. The third-order valence-electron chi connectivity index (χ3n) is 4.73. The first-order valence-electron chi connectivity index (χ1n) is 8.56. The van der Waals surface area contributed by atoms with Crippen LogP contribution in [0, 0.1) is 0 Å². The van der Waals surface area contributed by atoms with Crippen molar-refractivity contribution < 1.29 is 17.9 Å². The van der Waals surface area contributed by atoms with E-state index in [0.29, 0.717) is 12.8 Å². The molecule has 1 aliphatic heterocycles. The smallest absolute Gasteiger partial charge is 0.420 e.